The molecule has 2 rings (SSSR count). The Morgan fingerprint density at radius 3 is 2.92 bits per heavy atom. The Morgan fingerprint density at radius 2 is 2.21 bits per heavy atom. The van der Waals surface area contributed by atoms with Crippen molar-refractivity contribution in [1.82, 2.24) is 14.9 Å². The molecular weight excluding hydrogens is 302 g/mol. The van der Waals surface area contributed by atoms with Gasteiger partial charge in [0.05, 0.1) is 0 Å². The summed E-state index contributed by atoms with van der Waals surface area (Å²) in [7, 11) is 0. The number of benzene rings is 1. The van der Waals surface area contributed by atoms with Crippen LogP contribution in [0.5, 0.6) is 0 Å². The van der Waals surface area contributed by atoms with Gasteiger partial charge in [-0.2, -0.15) is 0 Å². The van der Waals surface area contributed by atoms with Gasteiger partial charge >= 0.3 is 0 Å². The number of carbonyl (C=O) groups excluding carboxylic acids is 1. The minimum Gasteiger partial charge on any atom is -0.378 e. The number of imidazole rings is 1. The molecule has 0 spiro atoms. The van der Waals surface area contributed by atoms with Gasteiger partial charge in [0.2, 0.25) is 0 Å². The smallest absolute Gasteiger partial charge is 0.251 e. The first-order valence-corrected chi connectivity index (χ1v) is 8.03. The number of aliphatic hydroxyl groups is 1. The molecule has 0 aliphatic heterocycles. The van der Waals surface area contributed by atoms with E-state index in [1.807, 2.05) is 16.8 Å². The van der Waals surface area contributed by atoms with E-state index in [-0.39, 0.29) is 5.91 Å². The fourth-order valence-corrected chi connectivity index (χ4v) is 2.21. The summed E-state index contributed by atoms with van der Waals surface area (Å²) in [5.74, 6) is 6.49. The maximum atomic E-state index is 12.2. The third-order valence-electron chi connectivity index (χ3n) is 3.39. The van der Waals surface area contributed by atoms with E-state index in [0.717, 1.165) is 12.2 Å². The van der Waals surface area contributed by atoms with E-state index in [4.69, 9.17) is 0 Å². The number of hydrogen-bond acceptors (Lipinski definition) is 3. The summed E-state index contributed by atoms with van der Waals surface area (Å²) in [6.07, 6.45) is 4.55. The zero-order chi connectivity index (χ0) is 17.6. The van der Waals surface area contributed by atoms with Gasteiger partial charge in [-0.25, -0.2) is 4.98 Å². The molecular formula is C19H23N3O2. The van der Waals surface area contributed by atoms with E-state index in [9.17, 15) is 9.90 Å². The topological polar surface area (TPSA) is 67.2 Å². The molecule has 1 heterocycles. The molecule has 126 valence electrons. The molecule has 0 bridgehead atoms. The highest BCUT2D eigenvalue weighted by Gasteiger charge is 2.08. The fraction of sp³-hybridized carbons (Fsp3) is 0.368. The van der Waals surface area contributed by atoms with Crippen LogP contribution in [0.4, 0.5) is 0 Å². The second-order valence-corrected chi connectivity index (χ2v) is 6.04. The Morgan fingerprint density at radius 1 is 1.42 bits per heavy atom. The molecule has 1 aromatic carbocycles. The van der Waals surface area contributed by atoms with Gasteiger partial charge < -0.3 is 15.0 Å². The maximum Gasteiger partial charge on any atom is 0.251 e. The number of aromatic nitrogens is 2. The standard InChI is InChI=1S/C19H23N3O2/c1-4-17-20-10-12-22(17)13-11-21-18(23)16-7-5-6-15(14-16)8-9-19(2,3)24/h5-7,10,12,14,24H,4,11,13H2,1-3H3,(H,21,23). The van der Waals surface area contributed by atoms with Crippen LogP contribution in [0.1, 0.15) is 42.5 Å². The summed E-state index contributed by atoms with van der Waals surface area (Å²) in [5, 5.41) is 12.5. The first-order valence-electron chi connectivity index (χ1n) is 8.03. The minimum absolute atomic E-state index is 0.139. The second kappa shape index (κ2) is 7.80. The van der Waals surface area contributed by atoms with Crippen molar-refractivity contribution >= 4 is 5.91 Å². The van der Waals surface area contributed by atoms with Crippen LogP contribution in [0.25, 0.3) is 0 Å². The first kappa shape index (κ1) is 17.8. The molecule has 0 fully saturated rings. The Bertz CT molecular complexity index is 761. The molecule has 2 aromatic rings. The summed E-state index contributed by atoms with van der Waals surface area (Å²) in [5.41, 5.74) is 0.201. The first-order chi connectivity index (χ1) is 11.4. The lowest BCUT2D eigenvalue weighted by Gasteiger charge is -2.09. The Kier molecular flexibility index (Phi) is 5.78. The molecule has 1 amide bonds. The average Bonchev–Trinajstić information content (AvgIpc) is 3.00. The van der Waals surface area contributed by atoms with Gasteiger partial charge in [0.1, 0.15) is 11.4 Å². The summed E-state index contributed by atoms with van der Waals surface area (Å²) in [6.45, 7) is 6.51. The lowest BCUT2D eigenvalue weighted by molar-refractivity contribution is 0.0952. The number of nitrogens with one attached hydrogen (secondary N) is 1. The van der Waals surface area contributed by atoms with Crippen molar-refractivity contribution < 1.29 is 9.90 Å². The zero-order valence-corrected chi connectivity index (χ0v) is 14.3. The molecule has 0 atom stereocenters. The molecule has 5 nitrogen and oxygen atoms in total. The summed E-state index contributed by atoms with van der Waals surface area (Å²) in [6, 6.07) is 7.07. The van der Waals surface area contributed by atoms with Crippen LogP contribution in [-0.4, -0.2) is 32.7 Å². The van der Waals surface area contributed by atoms with Crippen LogP contribution in [0.15, 0.2) is 36.7 Å². The Balaban J connectivity index is 1.96. The number of aryl methyl sites for hydroxylation is 1. The molecule has 0 saturated carbocycles. The molecule has 2 N–H and O–H groups in total. The lowest BCUT2D eigenvalue weighted by Crippen LogP contribution is -2.27. The van der Waals surface area contributed by atoms with Crippen LogP contribution < -0.4 is 5.32 Å². The maximum absolute atomic E-state index is 12.2. The van der Waals surface area contributed by atoms with Crippen molar-refractivity contribution in [2.24, 2.45) is 0 Å². The van der Waals surface area contributed by atoms with Crippen LogP contribution in [0.3, 0.4) is 0 Å². The highest BCUT2D eigenvalue weighted by Crippen LogP contribution is 2.06. The van der Waals surface area contributed by atoms with Crippen molar-refractivity contribution in [3.05, 3.63) is 53.6 Å². The lowest BCUT2D eigenvalue weighted by atomic mass is 10.1. The molecule has 0 unspecified atom stereocenters. The van der Waals surface area contributed by atoms with E-state index in [1.165, 1.54) is 0 Å². The highest BCUT2D eigenvalue weighted by molar-refractivity contribution is 5.94. The van der Waals surface area contributed by atoms with E-state index in [2.05, 4.69) is 29.1 Å². The zero-order valence-electron chi connectivity index (χ0n) is 14.3. The molecule has 24 heavy (non-hydrogen) atoms. The average molecular weight is 325 g/mol. The molecule has 5 heteroatoms. The number of nitrogens with zero attached hydrogens (tertiary/aromatic N) is 2. The largest absolute Gasteiger partial charge is 0.378 e. The number of amides is 1. The number of hydrogen-bond donors (Lipinski definition) is 2. The molecule has 0 aliphatic carbocycles. The normalized spacial score (nSPS) is 10.8. The van der Waals surface area contributed by atoms with Crippen LogP contribution >= 0.6 is 0 Å². The highest BCUT2D eigenvalue weighted by atomic mass is 16.3. The second-order valence-electron chi connectivity index (χ2n) is 6.04. The fourth-order valence-electron chi connectivity index (χ4n) is 2.21. The summed E-state index contributed by atoms with van der Waals surface area (Å²) in [4.78, 5) is 16.5. The van der Waals surface area contributed by atoms with Crippen LogP contribution in [-0.2, 0) is 13.0 Å². The van der Waals surface area contributed by atoms with Crippen LogP contribution in [0, 0.1) is 11.8 Å². The summed E-state index contributed by atoms with van der Waals surface area (Å²) >= 11 is 0. The Labute approximate surface area is 142 Å². The van der Waals surface area contributed by atoms with Gasteiger partial charge in [-0.15, -0.1) is 0 Å². The van der Waals surface area contributed by atoms with Crippen molar-refractivity contribution in [2.75, 3.05) is 6.54 Å². The molecule has 1 aromatic heterocycles. The minimum atomic E-state index is -1.06. The van der Waals surface area contributed by atoms with Gasteiger partial charge in [0.25, 0.3) is 5.91 Å². The van der Waals surface area contributed by atoms with E-state index < -0.39 is 5.60 Å². The number of rotatable bonds is 5. The van der Waals surface area contributed by atoms with Crippen LogP contribution in [0.2, 0.25) is 0 Å². The van der Waals surface area contributed by atoms with E-state index in [1.54, 1.807) is 38.2 Å². The van der Waals surface area contributed by atoms with Gasteiger partial charge in [0.15, 0.2) is 0 Å². The third kappa shape index (κ3) is 5.25. The summed E-state index contributed by atoms with van der Waals surface area (Å²) < 4.78 is 2.03. The van der Waals surface area contributed by atoms with Crippen molar-refractivity contribution in [3.8, 4) is 11.8 Å². The van der Waals surface area contributed by atoms with E-state index in [0.29, 0.717) is 24.2 Å². The SMILES string of the molecule is CCc1nccn1CCNC(=O)c1cccc(C#CC(C)(C)O)c1. The molecule has 0 aliphatic rings. The monoisotopic (exact) mass is 325 g/mol. The van der Waals surface area contributed by atoms with Gasteiger partial charge in [0, 0.05) is 43.0 Å². The Hall–Kier alpha value is -2.58. The van der Waals surface area contributed by atoms with Gasteiger partial charge in [-0.05, 0) is 32.0 Å². The molecule has 0 saturated heterocycles. The van der Waals surface area contributed by atoms with Crippen molar-refractivity contribution in [1.29, 1.82) is 0 Å². The number of carbonyl (C=O) groups is 1. The van der Waals surface area contributed by atoms with Gasteiger partial charge in [-0.1, -0.05) is 24.8 Å². The quantitative estimate of drug-likeness (QED) is 0.826. The van der Waals surface area contributed by atoms with Gasteiger partial charge in [-0.3, -0.25) is 4.79 Å². The predicted molar refractivity (Wildman–Crippen MR) is 93.6 cm³/mol. The molecule has 0 radical (unpaired) electrons. The predicted octanol–water partition coefficient (Wildman–Crippen LogP) is 2.00. The van der Waals surface area contributed by atoms with E-state index >= 15 is 0 Å². The van der Waals surface area contributed by atoms with Crippen molar-refractivity contribution in [3.63, 3.8) is 0 Å². The third-order valence-corrected chi connectivity index (χ3v) is 3.39. The van der Waals surface area contributed by atoms with Crippen molar-refractivity contribution in [2.45, 2.75) is 39.3 Å².